The number of hydrogen-bond acceptors (Lipinski definition) is 0. The van der Waals surface area contributed by atoms with Crippen LogP contribution in [0.15, 0.2) is 24.3 Å². The molecule has 0 saturated heterocycles. The van der Waals surface area contributed by atoms with Crippen molar-refractivity contribution < 1.29 is 13.2 Å². The Morgan fingerprint density at radius 1 is 1.25 bits per heavy atom. The smallest absolute Gasteiger partial charge is 0.166 e. The molecule has 16 heavy (non-hydrogen) atoms. The summed E-state index contributed by atoms with van der Waals surface area (Å²) in [6.45, 7) is 1.92. The zero-order valence-corrected chi connectivity index (χ0v) is 9.78. The van der Waals surface area contributed by atoms with Crippen LogP contribution < -0.4 is 0 Å². The molecule has 0 fully saturated rings. The number of benzene rings is 1. The molecule has 0 spiro atoms. The molecular formula is C12H14ClF3. The summed E-state index contributed by atoms with van der Waals surface area (Å²) in [7, 11) is 0. The summed E-state index contributed by atoms with van der Waals surface area (Å²) in [5.41, 5.74) is -0.218. The quantitative estimate of drug-likeness (QED) is 0.682. The van der Waals surface area contributed by atoms with Crippen LogP contribution >= 0.6 is 11.6 Å². The van der Waals surface area contributed by atoms with E-state index in [1.807, 2.05) is 6.92 Å². The molecule has 0 N–H and O–H groups in total. The van der Waals surface area contributed by atoms with Crippen LogP contribution in [0.3, 0.4) is 0 Å². The van der Waals surface area contributed by atoms with Crippen LogP contribution in [0.2, 0.25) is 0 Å². The van der Waals surface area contributed by atoms with Gasteiger partial charge >= 0.3 is 6.18 Å². The minimum absolute atomic E-state index is 0.0544. The first kappa shape index (κ1) is 13.4. The standard InChI is InChI=1S/C12H14ClF3/c1-2-10(13)8-7-9-5-3-4-6-11(9)12(14,15)16/h3-6,10H,2,7-8H2,1H3. The Bertz CT molecular complexity index is 333. The molecule has 0 saturated carbocycles. The summed E-state index contributed by atoms with van der Waals surface area (Å²) < 4.78 is 37.9. The normalized spacial score (nSPS) is 13.8. The fraction of sp³-hybridized carbons (Fsp3) is 0.500. The summed E-state index contributed by atoms with van der Waals surface area (Å²) in [5, 5.41) is -0.0544. The predicted molar refractivity (Wildman–Crippen MR) is 59.7 cm³/mol. The molecule has 1 aromatic rings. The van der Waals surface area contributed by atoms with Gasteiger partial charge in [0.2, 0.25) is 0 Å². The van der Waals surface area contributed by atoms with Crippen LogP contribution in [0, 0.1) is 0 Å². The van der Waals surface area contributed by atoms with E-state index in [4.69, 9.17) is 11.6 Å². The first-order valence-electron chi connectivity index (χ1n) is 5.24. The van der Waals surface area contributed by atoms with Crippen LogP contribution in [0.5, 0.6) is 0 Å². The molecule has 0 amide bonds. The summed E-state index contributed by atoms with van der Waals surface area (Å²) in [6.07, 6.45) is -2.55. The molecule has 0 aliphatic carbocycles. The van der Waals surface area contributed by atoms with Gasteiger partial charge in [0.25, 0.3) is 0 Å². The van der Waals surface area contributed by atoms with Crippen molar-refractivity contribution in [3.8, 4) is 0 Å². The minimum Gasteiger partial charge on any atom is -0.166 e. The molecule has 0 bridgehead atoms. The minimum atomic E-state index is -4.27. The highest BCUT2D eigenvalue weighted by molar-refractivity contribution is 6.20. The predicted octanol–water partition coefficient (Wildman–Crippen LogP) is 4.66. The maximum absolute atomic E-state index is 12.6. The summed E-state index contributed by atoms with van der Waals surface area (Å²) in [6, 6.07) is 5.66. The highest BCUT2D eigenvalue weighted by Crippen LogP contribution is 2.32. The van der Waals surface area contributed by atoms with Crippen LogP contribution in [-0.4, -0.2) is 5.38 Å². The van der Waals surface area contributed by atoms with Gasteiger partial charge < -0.3 is 0 Å². The highest BCUT2D eigenvalue weighted by atomic mass is 35.5. The van der Waals surface area contributed by atoms with Crippen LogP contribution in [0.25, 0.3) is 0 Å². The second-order valence-electron chi connectivity index (χ2n) is 3.70. The van der Waals surface area contributed by atoms with Crippen LogP contribution in [-0.2, 0) is 12.6 Å². The van der Waals surface area contributed by atoms with Crippen molar-refractivity contribution in [2.75, 3.05) is 0 Å². The first-order chi connectivity index (χ1) is 7.45. The van der Waals surface area contributed by atoms with E-state index in [0.29, 0.717) is 18.4 Å². The van der Waals surface area contributed by atoms with E-state index in [-0.39, 0.29) is 5.38 Å². The van der Waals surface area contributed by atoms with Crippen molar-refractivity contribution in [2.45, 2.75) is 37.7 Å². The van der Waals surface area contributed by atoms with Gasteiger partial charge in [-0.1, -0.05) is 25.1 Å². The Balaban J connectivity index is 2.80. The molecule has 1 atom stereocenters. The van der Waals surface area contributed by atoms with Gasteiger partial charge in [0, 0.05) is 5.38 Å². The Kier molecular flexibility index (Phi) is 4.66. The van der Waals surface area contributed by atoms with E-state index < -0.39 is 11.7 Å². The van der Waals surface area contributed by atoms with E-state index >= 15 is 0 Å². The molecule has 1 aromatic carbocycles. The van der Waals surface area contributed by atoms with Gasteiger partial charge in [-0.05, 0) is 30.9 Å². The molecule has 0 nitrogen and oxygen atoms in total. The zero-order chi connectivity index (χ0) is 12.2. The molecule has 4 heteroatoms. The number of aryl methyl sites for hydroxylation is 1. The van der Waals surface area contributed by atoms with Gasteiger partial charge in [0.1, 0.15) is 0 Å². The number of rotatable bonds is 4. The average Bonchev–Trinajstić information content (AvgIpc) is 2.25. The molecule has 0 aliphatic heterocycles. The molecule has 1 unspecified atom stereocenters. The van der Waals surface area contributed by atoms with Crippen molar-refractivity contribution in [2.24, 2.45) is 0 Å². The monoisotopic (exact) mass is 250 g/mol. The van der Waals surface area contributed by atoms with Crippen molar-refractivity contribution in [1.82, 2.24) is 0 Å². The first-order valence-corrected chi connectivity index (χ1v) is 5.68. The van der Waals surface area contributed by atoms with Crippen molar-refractivity contribution >= 4 is 11.6 Å². The average molecular weight is 251 g/mol. The molecule has 0 aliphatic rings. The fourth-order valence-electron chi connectivity index (χ4n) is 1.53. The van der Waals surface area contributed by atoms with E-state index in [2.05, 4.69) is 0 Å². The fourth-order valence-corrected chi connectivity index (χ4v) is 1.64. The Morgan fingerprint density at radius 2 is 1.88 bits per heavy atom. The zero-order valence-electron chi connectivity index (χ0n) is 9.02. The second-order valence-corrected chi connectivity index (χ2v) is 4.32. The summed E-state index contributed by atoms with van der Waals surface area (Å²) in [5.74, 6) is 0. The second kappa shape index (κ2) is 5.58. The number of hydrogen-bond donors (Lipinski definition) is 0. The van der Waals surface area contributed by atoms with Gasteiger partial charge in [0.15, 0.2) is 0 Å². The SMILES string of the molecule is CCC(Cl)CCc1ccccc1C(F)(F)F. The number of alkyl halides is 4. The largest absolute Gasteiger partial charge is 0.416 e. The molecule has 0 heterocycles. The molecule has 90 valence electrons. The highest BCUT2D eigenvalue weighted by Gasteiger charge is 2.32. The van der Waals surface area contributed by atoms with Gasteiger partial charge in [0.05, 0.1) is 5.56 Å². The lowest BCUT2D eigenvalue weighted by Gasteiger charge is -2.13. The molecule has 0 radical (unpaired) electrons. The van der Waals surface area contributed by atoms with Crippen molar-refractivity contribution in [3.63, 3.8) is 0 Å². The lowest BCUT2D eigenvalue weighted by atomic mass is 10.0. The number of halogens is 4. The molecule has 0 aromatic heterocycles. The third-order valence-electron chi connectivity index (χ3n) is 2.49. The van der Waals surface area contributed by atoms with Gasteiger partial charge in [-0.15, -0.1) is 11.6 Å². The van der Waals surface area contributed by atoms with Crippen molar-refractivity contribution in [3.05, 3.63) is 35.4 Å². The Hall–Kier alpha value is -0.700. The third kappa shape index (κ3) is 3.71. The maximum atomic E-state index is 12.6. The Labute approximate surface area is 98.4 Å². The molecular weight excluding hydrogens is 237 g/mol. The van der Waals surface area contributed by atoms with E-state index in [9.17, 15) is 13.2 Å². The van der Waals surface area contributed by atoms with Crippen LogP contribution in [0.1, 0.15) is 30.9 Å². The van der Waals surface area contributed by atoms with E-state index in [1.165, 1.54) is 12.1 Å². The summed E-state index contributed by atoms with van der Waals surface area (Å²) in [4.78, 5) is 0. The Morgan fingerprint density at radius 3 is 2.44 bits per heavy atom. The van der Waals surface area contributed by atoms with Crippen molar-refractivity contribution in [1.29, 1.82) is 0 Å². The van der Waals surface area contributed by atoms with Crippen LogP contribution in [0.4, 0.5) is 13.2 Å². The lowest BCUT2D eigenvalue weighted by molar-refractivity contribution is -0.138. The van der Waals surface area contributed by atoms with Gasteiger partial charge in [-0.25, -0.2) is 0 Å². The topological polar surface area (TPSA) is 0 Å². The lowest BCUT2D eigenvalue weighted by Crippen LogP contribution is -2.10. The third-order valence-corrected chi connectivity index (χ3v) is 3.02. The maximum Gasteiger partial charge on any atom is 0.416 e. The summed E-state index contributed by atoms with van der Waals surface area (Å²) >= 11 is 5.90. The van der Waals surface area contributed by atoms with Gasteiger partial charge in [-0.3, -0.25) is 0 Å². The van der Waals surface area contributed by atoms with E-state index in [0.717, 1.165) is 12.5 Å². The van der Waals surface area contributed by atoms with E-state index in [1.54, 1.807) is 6.07 Å². The van der Waals surface area contributed by atoms with Gasteiger partial charge in [-0.2, -0.15) is 13.2 Å². The molecule has 1 rings (SSSR count).